The maximum Gasteiger partial charge on any atom is 0.261 e. The van der Waals surface area contributed by atoms with Crippen molar-refractivity contribution in [3.8, 4) is 0 Å². The van der Waals surface area contributed by atoms with Crippen LogP contribution < -0.4 is 4.72 Å². The zero-order chi connectivity index (χ0) is 19.8. The van der Waals surface area contributed by atoms with Gasteiger partial charge in [-0.15, -0.1) is 0 Å². The van der Waals surface area contributed by atoms with E-state index in [1.165, 1.54) is 34.6 Å². The zero-order valence-corrected chi connectivity index (χ0v) is 18.4. The van der Waals surface area contributed by atoms with Crippen LogP contribution in [-0.4, -0.2) is 34.2 Å². The predicted molar refractivity (Wildman–Crippen MR) is 109 cm³/mol. The van der Waals surface area contributed by atoms with Crippen molar-refractivity contribution in [1.82, 2.24) is 4.31 Å². The van der Waals surface area contributed by atoms with E-state index in [0.29, 0.717) is 13.1 Å². The number of nitrogens with zero attached hydrogens (tertiary/aromatic N) is 1. The Morgan fingerprint density at radius 3 is 2.33 bits per heavy atom. The summed E-state index contributed by atoms with van der Waals surface area (Å²) in [5.74, 6) is 0. The molecule has 0 aromatic heterocycles. The topological polar surface area (TPSA) is 83.5 Å². The molecule has 0 bridgehead atoms. The van der Waals surface area contributed by atoms with Gasteiger partial charge in [-0.05, 0) is 61.7 Å². The van der Waals surface area contributed by atoms with Crippen molar-refractivity contribution in [2.24, 2.45) is 0 Å². The van der Waals surface area contributed by atoms with Crippen LogP contribution in [0.15, 0.2) is 50.7 Å². The summed E-state index contributed by atoms with van der Waals surface area (Å²) in [7, 11) is -7.63. The van der Waals surface area contributed by atoms with Crippen LogP contribution >= 0.6 is 27.5 Å². The van der Waals surface area contributed by atoms with Gasteiger partial charge in [0.15, 0.2) is 0 Å². The molecule has 1 fully saturated rings. The molecule has 1 aliphatic heterocycles. The minimum Gasteiger partial charge on any atom is -0.280 e. The summed E-state index contributed by atoms with van der Waals surface area (Å²) in [5.41, 5.74) is 0.907. The molecule has 1 aliphatic rings. The molecule has 0 amide bonds. The molecule has 0 atom stereocenters. The number of sulfonamides is 2. The molecule has 1 saturated heterocycles. The van der Waals surface area contributed by atoms with Crippen LogP contribution in [-0.2, 0) is 20.0 Å². The van der Waals surface area contributed by atoms with E-state index >= 15 is 0 Å². The summed E-state index contributed by atoms with van der Waals surface area (Å²) in [6, 6.07) is 8.74. The molecule has 6 nitrogen and oxygen atoms in total. The van der Waals surface area contributed by atoms with E-state index in [1.54, 1.807) is 13.0 Å². The molecule has 1 heterocycles. The minimum atomic E-state index is -3.87. The normalized spacial score (nSPS) is 15.8. The molecule has 10 heteroatoms. The minimum absolute atomic E-state index is 0.0596. The number of rotatable bonds is 5. The van der Waals surface area contributed by atoms with E-state index in [9.17, 15) is 16.8 Å². The van der Waals surface area contributed by atoms with E-state index in [0.717, 1.165) is 22.9 Å². The Bertz CT molecular complexity index is 1080. The van der Waals surface area contributed by atoms with Gasteiger partial charge in [0.1, 0.15) is 4.90 Å². The standard InChI is InChI=1S/C17H18BrClN2O4S2/c1-12-10-14(5-6-15(12)18)26(22,23)20-13-4-7-16(19)17(11-13)27(24,25)21-8-2-3-9-21/h4-7,10-11,20H,2-3,8-9H2,1H3. The van der Waals surface area contributed by atoms with Gasteiger partial charge in [0.2, 0.25) is 10.0 Å². The first-order chi connectivity index (χ1) is 12.6. The Labute approximate surface area is 172 Å². The second-order valence-corrected chi connectivity index (χ2v) is 11.1. The predicted octanol–water partition coefficient (Wildman–Crippen LogP) is 4.00. The Balaban J connectivity index is 1.95. The van der Waals surface area contributed by atoms with Crippen molar-refractivity contribution in [2.75, 3.05) is 17.8 Å². The van der Waals surface area contributed by atoms with Gasteiger partial charge in [0, 0.05) is 17.6 Å². The largest absolute Gasteiger partial charge is 0.280 e. The van der Waals surface area contributed by atoms with Gasteiger partial charge in [-0.2, -0.15) is 4.31 Å². The molecule has 3 rings (SSSR count). The van der Waals surface area contributed by atoms with Crippen molar-refractivity contribution in [1.29, 1.82) is 0 Å². The lowest BCUT2D eigenvalue weighted by Crippen LogP contribution is -2.28. The Kier molecular flexibility index (Phi) is 5.88. The summed E-state index contributed by atoms with van der Waals surface area (Å²) in [6.07, 6.45) is 1.60. The number of hydrogen-bond acceptors (Lipinski definition) is 4. The maximum absolute atomic E-state index is 12.8. The molecule has 1 N–H and O–H groups in total. The third-order valence-electron chi connectivity index (χ3n) is 4.31. The van der Waals surface area contributed by atoms with E-state index in [4.69, 9.17) is 11.6 Å². The molecule has 27 heavy (non-hydrogen) atoms. The van der Waals surface area contributed by atoms with E-state index in [1.807, 2.05) is 0 Å². The summed E-state index contributed by atoms with van der Waals surface area (Å²) < 4.78 is 55.5. The maximum atomic E-state index is 12.8. The summed E-state index contributed by atoms with van der Waals surface area (Å²) in [5, 5.41) is 0.0596. The van der Waals surface area contributed by atoms with E-state index in [2.05, 4.69) is 20.7 Å². The third kappa shape index (κ3) is 4.32. The average molecular weight is 494 g/mol. The van der Waals surface area contributed by atoms with Gasteiger partial charge in [0.25, 0.3) is 10.0 Å². The van der Waals surface area contributed by atoms with Gasteiger partial charge in [-0.1, -0.05) is 27.5 Å². The second-order valence-electron chi connectivity index (χ2n) is 6.27. The number of hydrogen-bond donors (Lipinski definition) is 1. The van der Waals surface area contributed by atoms with Crippen LogP contribution in [0, 0.1) is 6.92 Å². The van der Waals surface area contributed by atoms with Gasteiger partial charge in [0.05, 0.1) is 15.6 Å². The quantitative estimate of drug-likeness (QED) is 0.682. The van der Waals surface area contributed by atoms with Crippen LogP contribution in [0.4, 0.5) is 5.69 Å². The summed E-state index contributed by atoms with van der Waals surface area (Å²) >= 11 is 9.43. The van der Waals surface area contributed by atoms with Gasteiger partial charge in [-0.25, -0.2) is 16.8 Å². The van der Waals surface area contributed by atoms with Crippen molar-refractivity contribution in [3.63, 3.8) is 0 Å². The molecule has 0 saturated carbocycles. The first-order valence-corrected chi connectivity index (χ1v) is 12.3. The van der Waals surface area contributed by atoms with E-state index in [-0.39, 0.29) is 20.5 Å². The lowest BCUT2D eigenvalue weighted by atomic mass is 10.2. The van der Waals surface area contributed by atoms with Gasteiger partial charge >= 0.3 is 0 Å². The first kappa shape index (κ1) is 20.6. The highest BCUT2D eigenvalue weighted by atomic mass is 79.9. The fourth-order valence-corrected chi connectivity index (χ4v) is 6.23. The second kappa shape index (κ2) is 7.71. The molecule has 0 aliphatic carbocycles. The molecule has 146 valence electrons. The van der Waals surface area contributed by atoms with Crippen LogP contribution in [0.5, 0.6) is 0 Å². The molecule has 2 aromatic carbocycles. The van der Waals surface area contributed by atoms with Crippen molar-refractivity contribution < 1.29 is 16.8 Å². The number of aryl methyl sites for hydroxylation is 1. The van der Waals surface area contributed by atoms with Gasteiger partial charge < -0.3 is 0 Å². The summed E-state index contributed by atoms with van der Waals surface area (Å²) in [6.45, 7) is 2.66. The monoisotopic (exact) mass is 492 g/mol. The Hall–Kier alpha value is -1.13. The number of nitrogens with one attached hydrogen (secondary N) is 1. The first-order valence-electron chi connectivity index (χ1n) is 8.20. The molecule has 2 aromatic rings. The Morgan fingerprint density at radius 2 is 1.70 bits per heavy atom. The van der Waals surface area contributed by atoms with Gasteiger partial charge in [-0.3, -0.25) is 4.72 Å². The van der Waals surface area contributed by atoms with Crippen molar-refractivity contribution >= 4 is 53.3 Å². The molecule has 0 spiro atoms. The number of anilines is 1. The number of benzene rings is 2. The van der Waals surface area contributed by atoms with Crippen molar-refractivity contribution in [2.45, 2.75) is 29.6 Å². The third-order valence-corrected chi connectivity index (χ3v) is 8.95. The average Bonchev–Trinajstić information content (AvgIpc) is 3.14. The van der Waals surface area contributed by atoms with E-state index < -0.39 is 20.0 Å². The molecular formula is C17H18BrClN2O4S2. The summed E-state index contributed by atoms with van der Waals surface area (Å²) in [4.78, 5) is -0.0136. The highest BCUT2D eigenvalue weighted by Crippen LogP contribution is 2.30. The Morgan fingerprint density at radius 1 is 1.04 bits per heavy atom. The van der Waals surface area contributed by atoms with Crippen molar-refractivity contribution in [3.05, 3.63) is 51.5 Å². The molecule has 0 radical (unpaired) electrons. The fourth-order valence-electron chi connectivity index (χ4n) is 2.83. The van der Waals surface area contributed by atoms with Crippen LogP contribution in [0.1, 0.15) is 18.4 Å². The zero-order valence-electron chi connectivity index (χ0n) is 14.4. The molecule has 0 unspecified atom stereocenters. The smallest absolute Gasteiger partial charge is 0.261 e. The van der Waals surface area contributed by atoms with Crippen LogP contribution in [0.3, 0.4) is 0 Å². The lowest BCUT2D eigenvalue weighted by Gasteiger charge is -2.17. The van der Waals surface area contributed by atoms with Crippen LogP contribution in [0.25, 0.3) is 0 Å². The lowest BCUT2D eigenvalue weighted by molar-refractivity contribution is 0.477. The molecular weight excluding hydrogens is 476 g/mol. The fraction of sp³-hybridized carbons (Fsp3) is 0.294. The SMILES string of the molecule is Cc1cc(S(=O)(=O)Nc2ccc(Cl)c(S(=O)(=O)N3CCCC3)c2)ccc1Br. The highest BCUT2D eigenvalue weighted by molar-refractivity contribution is 9.10. The number of halogens is 2. The highest BCUT2D eigenvalue weighted by Gasteiger charge is 2.29. The van der Waals surface area contributed by atoms with Crippen LogP contribution in [0.2, 0.25) is 5.02 Å².